The van der Waals surface area contributed by atoms with Crippen LogP contribution in [0.2, 0.25) is 0 Å². The molecule has 2 amide bonds. The van der Waals surface area contributed by atoms with E-state index in [9.17, 15) is 14.4 Å². The Morgan fingerprint density at radius 3 is 2.77 bits per heavy atom. The third kappa shape index (κ3) is 6.19. The minimum atomic E-state index is -0.546. The van der Waals surface area contributed by atoms with Gasteiger partial charge in [-0.15, -0.1) is 0 Å². The number of nitrogens with zero attached hydrogens (tertiary/aromatic N) is 1. The maximum Gasteiger partial charge on any atom is 0.279 e. The number of amides is 2. The van der Waals surface area contributed by atoms with Gasteiger partial charge < -0.3 is 15.1 Å². The number of unbranched alkanes of at least 4 members (excludes halogenated alkanes) is 2. The van der Waals surface area contributed by atoms with Crippen LogP contribution in [-0.4, -0.2) is 33.7 Å². The SMILES string of the molecule is CCC(=O)CCCCCC(NC(=O)C1CSC(=O)N1)c1ncc(-c2ccccc2)o1. The van der Waals surface area contributed by atoms with Crippen molar-refractivity contribution in [2.24, 2.45) is 0 Å². The minimum Gasteiger partial charge on any atom is -0.438 e. The van der Waals surface area contributed by atoms with Crippen molar-refractivity contribution < 1.29 is 18.8 Å². The summed E-state index contributed by atoms with van der Waals surface area (Å²) in [5.41, 5.74) is 0.916. The fraction of sp³-hybridized carbons (Fsp3) is 0.455. The van der Waals surface area contributed by atoms with Gasteiger partial charge in [0.25, 0.3) is 5.24 Å². The van der Waals surface area contributed by atoms with E-state index in [0.29, 0.717) is 36.7 Å². The molecule has 2 heterocycles. The van der Waals surface area contributed by atoms with E-state index in [4.69, 9.17) is 4.42 Å². The fourth-order valence-electron chi connectivity index (χ4n) is 3.26. The van der Waals surface area contributed by atoms with Gasteiger partial charge >= 0.3 is 0 Å². The van der Waals surface area contributed by atoms with Crippen LogP contribution in [-0.2, 0) is 9.59 Å². The van der Waals surface area contributed by atoms with Crippen molar-refractivity contribution in [2.45, 2.75) is 57.5 Å². The predicted octanol–water partition coefficient (Wildman–Crippen LogP) is 4.25. The molecule has 0 aliphatic carbocycles. The van der Waals surface area contributed by atoms with Crippen LogP contribution in [0.25, 0.3) is 11.3 Å². The maximum atomic E-state index is 12.6. The first-order valence-electron chi connectivity index (χ1n) is 10.3. The lowest BCUT2D eigenvalue weighted by molar-refractivity contribution is -0.123. The van der Waals surface area contributed by atoms with Gasteiger partial charge in [-0.1, -0.05) is 61.9 Å². The summed E-state index contributed by atoms with van der Waals surface area (Å²) in [4.78, 5) is 39.9. The second-order valence-electron chi connectivity index (χ2n) is 7.28. The van der Waals surface area contributed by atoms with Crippen LogP contribution >= 0.6 is 11.8 Å². The highest BCUT2D eigenvalue weighted by Gasteiger charge is 2.30. The Kier molecular flexibility index (Phi) is 8.07. The molecule has 0 saturated carbocycles. The van der Waals surface area contributed by atoms with Crippen molar-refractivity contribution in [3.63, 3.8) is 0 Å². The second-order valence-corrected chi connectivity index (χ2v) is 8.27. The largest absolute Gasteiger partial charge is 0.438 e. The summed E-state index contributed by atoms with van der Waals surface area (Å²) >= 11 is 1.11. The molecule has 160 valence electrons. The van der Waals surface area contributed by atoms with Gasteiger partial charge in [0, 0.05) is 24.2 Å². The first-order valence-corrected chi connectivity index (χ1v) is 11.3. The van der Waals surface area contributed by atoms with Crippen LogP contribution in [0.4, 0.5) is 4.79 Å². The molecule has 1 aliphatic rings. The van der Waals surface area contributed by atoms with E-state index in [-0.39, 0.29) is 23.0 Å². The quantitative estimate of drug-likeness (QED) is 0.518. The Balaban J connectivity index is 1.64. The van der Waals surface area contributed by atoms with Crippen LogP contribution in [0, 0.1) is 0 Å². The number of oxazole rings is 1. The van der Waals surface area contributed by atoms with E-state index >= 15 is 0 Å². The zero-order valence-corrected chi connectivity index (χ0v) is 17.9. The zero-order chi connectivity index (χ0) is 21.3. The van der Waals surface area contributed by atoms with Gasteiger partial charge in [0.15, 0.2) is 5.76 Å². The van der Waals surface area contributed by atoms with Crippen molar-refractivity contribution in [2.75, 3.05) is 5.75 Å². The van der Waals surface area contributed by atoms with Gasteiger partial charge in [-0.25, -0.2) is 4.98 Å². The van der Waals surface area contributed by atoms with Gasteiger partial charge in [-0.05, 0) is 12.8 Å². The number of Topliss-reactive ketones (excluding diaryl/α,β-unsaturated/α-hetero) is 1. The summed E-state index contributed by atoms with van der Waals surface area (Å²) in [6.07, 6.45) is 6.03. The van der Waals surface area contributed by atoms with Crippen molar-refractivity contribution in [1.29, 1.82) is 0 Å². The standard InChI is InChI=1S/C22H27N3O4S/c1-2-16(26)11-7-4-8-12-17(24-20(27)18-14-30-22(28)25-18)21-23-13-19(29-21)15-9-5-3-6-10-15/h3,5-6,9-10,13,17-18H,2,4,7-8,11-12,14H2,1H3,(H,24,27)(H,25,28). The van der Waals surface area contributed by atoms with Crippen LogP contribution in [0.5, 0.6) is 0 Å². The molecular formula is C22H27N3O4S. The van der Waals surface area contributed by atoms with Gasteiger partial charge in [0.05, 0.1) is 6.20 Å². The Morgan fingerprint density at radius 1 is 1.27 bits per heavy atom. The molecule has 1 saturated heterocycles. The average molecular weight is 430 g/mol. The van der Waals surface area contributed by atoms with Gasteiger partial charge in [0.1, 0.15) is 17.9 Å². The third-order valence-corrected chi connectivity index (χ3v) is 5.91. The van der Waals surface area contributed by atoms with E-state index in [2.05, 4.69) is 15.6 Å². The number of carbonyl (C=O) groups is 3. The Bertz CT molecular complexity index is 868. The Labute approximate surface area is 180 Å². The van der Waals surface area contributed by atoms with Crippen LogP contribution in [0.15, 0.2) is 40.9 Å². The maximum absolute atomic E-state index is 12.6. The zero-order valence-electron chi connectivity index (χ0n) is 17.1. The molecule has 8 heteroatoms. The summed E-state index contributed by atoms with van der Waals surface area (Å²) in [5.74, 6) is 1.54. The summed E-state index contributed by atoms with van der Waals surface area (Å²) in [6, 6.07) is 8.72. The number of thioether (sulfide) groups is 1. The van der Waals surface area contributed by atoms with Gasteiger partial charge in [0.2, 0.25) is 11.8 Å². The molecular weight excluding hydrogens is 402 g/mol. The summed E-state index contributed by atoms with van der Waals surface area (Å²) in [6.45, 7) is 1.88. The smallest absolute Gasteiger partial charge is 0.279 e. The topological polar surface area (TPSA) is 101 Å². The van der Waals surface area contributed by atoms with Crippen LogP contribution in [0.3, 0.4) is 0 Å². The highest BCUT2D eigenvalue weighted by Crippen LogP contribution is 2.26. The van der Waals surface area contributed by atoms with E-state index in [1.54, 1.807) is 6.20 Å². The number of rotatable bonds is 11. The third-order valence-electron chi connectivity index (χ3n) is 5.03. The normalized spacial score (nSPS) is 16.8. The van der Waals surface area contributed by atoms with Crippen molar-refractivity contribution in [1.82, 2.24) is 15.6 Å². The molecule has 0 radical (unpaired) electrons. The number of benzene rings is 1. The summed E-state index contributed by atoms with van der Waals surface area (Å²) in [7, 11) is 0. The van der Waals surface area contributed by atoms with Crippen molar-refractivity contribution in [3.8, 4) is 11.3 Å². The Morgan fingerprint density at radius 2 is 2.07 bits per heavy atom. The molecule has 2 N–H and O–H groups in total. The molecule has 2 atom stereocenters. The Hall–Kier alpha value is -2.61. The number of hydrogen-bond donors (Lipinski definition) is 2. The summed E-state index contributed by atoms with van der Waals surface area (Å²) in [5, 5.41) is 5.46. The first-order chi connectivity index (χ1) is 14.6. The molecule has 2 aromatic rings. The molecule has 30 heavy (non-hydrogen) atoms. The number of nitrogens with one attached hydrogen (secondary N) is 2. The monoisotopic (exact) mass is 429 g/mol. The lowest BCUT2D eigenvalue weighted by Crippen LogP contribution is -2.44. The van der Waals surface area contributed by atoms with E-state index in [1.165, 1.54) is 0 Å². The minimum absolute atomic E-state index is 0.185. The highest BCUT2D eigenvalue weighted by molar-refractivity contribution is 8.14. The van der Waals surface area contributed by atoms with Crippen molar-refractivity contribution >= 4 is 28.7 Å². The number of hydrogen-bond acceptors (Lipinski definition) is 6. The second kappa shape index (κ2) is 11.0. The molecule has 1 aliphatic heterocycles. The van der Waals surface area contributed by atoms with Gasteiger partial charge in [-0.3, -0.25) is 14.4 Å². The number of ketones is 1. The molecule has 1 aromatic heterocycles. The van der Waals surface area contributed by atoms with E-state index in [0.717, 1.165) is 36.6 Å². The number of aromatic nitrogens is 1. The molecule has 1 fully saturated rings. The average Bonchev–Trinajstić information content (AvgIpc) is 3.42. The van der Waals surface area contributed by atoms with E-state index in [1.807, 2.05) is 37.3 Å². The molecule has 0 spiro atoms. The lowest BCUT2D eigenvalue weighted by atomic mass is 10.0. The highest BCUT2D eigenvalue weighted by atomic mass is 32.2. The van der Waals surface area contributed by atoms with Gasteiger partial charge in [-0.2, -0.15) is 0 Å². The van der Waals surface area contributed by atoms with Crippen LogP contribution in [0.1, 0.15) is 57.4 Å². The van der Waals surface area contributed by atoms with E-state index < -0.39 is 6.04 Å². The first kappa shape index (κ1) is 22.1. The summed E-state index contributed by atoms with van der Waals surface area (Å²) < 4.78 is 5.96. The molecule has 7 nitrogen and oxygen atoms in total. The predicted molar refractivity (Wildman–Crippen MR) is 116 cm³/mol. The molecule has 0 bridgehead atoms. The molecule has 3 rings (SSSR count). The fourth-order valence-corrected chi connectivity index (χ4v) is 4.04. The van der Waals surface area contributed by atoms with Crippen LogP contribution < -0.4 is 10.6 Å². The molecule has 1 aromatic carbocycles. The molecule has 2 unspecified atom stereocenters. The lowest BCUT2D eigenvalue weighted by Gasteiger charge is -2.18. The number of carbonyl (C=O) groups excluding carboxylic acids is 3. The van der Waals surface area contributed by atoms with Crippen molar-refractivity contribution in [3.05, 3.63) is 42.4 Å².